The van der Waals surface area contributed by atoms with Crippen LogP contribution in [0, 0.1) is 0 Å². The Morgan fingerprint density at radius 2 is 1.88 bits per heavy atom. The quantitative estimate of drug-likeness (QED) is 0.824. The summed E-state index contributed by atoms with van der Waals surface area (Å²) < 4.78 is 10.6. The number of carbonyl (C=O) groups is 1. The first-order valence-corrected chi connectivity index (χ1v) is 8.06. The number of hydrogen-bond acceptors (Lipinski definition) is 4. The molecular weight excluding hydrogens is 316 g/mol. The largest absolute Gasteiger partial charge is 0.497 e. The van der Waals surface area contributed by atoms with Crippen LogP contribution in [-0.4, -0.2) is 26.0 Å². The van der Waals surface area contributed by atoms with Crippen LogP contribution in [-0.2, 0) is 11.2 Å². The molecule has 0 unspecified atom stereocenters. The van der Waals surface area contributed by atoms with Crippen LogP contribution in [0.4, 0.5) is 0 Å². The summed E-state index contributed by atoms with van der Waals surface area (Å²) in [5, 5.41) is 2.83. The molecule has 0 fully saturated rings. The maximum Gasteiger partial charge on any atom is 0.275 e. The van der Waals surface area contributed by atoms with Crippen LogP contribution >= 0.6 is 0 Å². The van der Waals surface area contributed by atoms with Crippen LogP contribution in [0.5, 0.6) is 11.5 Å². The Kier molecular flexibility index (Phi) is 5.14. The fourth-order valence-corrected chi connectivity index (χ4v) is 2.69. The summed E-state index contributed by atoms with van der Waals surface area (Å²) in [5.41, 5.74) is 2.37. The standard InChI is InChI=1S/C20H20N2O3/c1-24-16-8-5-6-14(12-16)13-17-20(23)22-19(21-17)11-10-15-7-3-4-9-18(15)25-2/h3-9,12-13H,10-11H2,1-2H3,(H,21,22,23)/b17-13+. The van der Waals surface area contributed by atoms with Gasteiger partial charge >= 0.3 is 0 Å². The molecule has 0 saturated heterocycles. The lowest BCUT2D eigenvalue weighted by Crippen LogP contribution is -2.24. The number of nitrogens with one attached hydrogen (secondary N) is 1. The second kappa shape index (κ2) is 7.66. The van der Waals surface area contributed by atoms with Crippen LogP contribution < -0.4 is 14.8 Å². The zero-order chi connectivity index (χ0) is 17.6. The number of benzene rings is 2. The van der Waals surface area contributed by atoms with E-state index in [2.05, 4.69) is 10.3 Å². The van der Waals surface area contributed by atoms with Gasteiger partial charge < -0.3 is 14.8 Å². The van der Waals surface area contributed by atoms with E-state index in [1.54, 1.807) is 20.3 Å². The summed E-state index contributed by atoms with van der Waals surface area (Å²) in [6.07, 6.45) is 3.14. The fourth-order valence-electron chi connectivity index (χ4n) is 2.69. The molecule has 0 radical (unpaired) electrons. The Bertz CT molecular complexity index is 840. The van der Waals surface area contributed by atoms with Crippen LogP contribution in [0.2, 0.25) is 0 Å². The van der Waals surface area contributed by atoms with Crippen LogP contribution in [0.1, 0.15) is 17.5 Å². The minimum Gasteiger partial charge on any atom is -0.497 e. The number of para-hydroxylation sites is 1. The van der Waals surface area contributed by atoms with Gasteiger partial charge in [0.25, 0.3) is 5.91 Å². The van der Waals surface area contributed by atoms with Crippen molar-refractivity contribution >= 4 is 17.8 Å². The molecular formula is C20H20N2O3. The third kappa shape index (κ3) is 4.07. The van der Waals surface area contributed by atoms with E-state index in [1.165, 1.54) is 0 Å². The molecule has 0 bridgehead atoms. The zero-order valence-corrected chi connectivity index (χ0v) is 14.3. The van der Waals surface area contributed by atoms with Gasteiger partial charge in [-0.2, -0.15) is 0 Å². The average Bonchev–Trinajstić information content (AvgIpc) is 3.00. The van der Waals surface area contributed by atoms with Gasteiger partial charge in [-0.3, -0.25) is 4.79 Å². The predicted molar refractivity (Wildman–Crippen MR) is 97.9 cm³/mol. The maximum absolute atomic E-state index is 12.1. The third-order valence-electron chi connectivity index (χ3n) is 3.97. The van der Waals surface area contributed by atoms with Gasteiger partial charge in [-0.15, -0.1) is 0 Å². The number of aliphatic imine (C=N–C) groups is 1. The molecule has 5 heteroatoms. The molecule has 128 valence electrons. The molecule has 1 amide bonds. The van der Waals surface area contributed by atoms with Crippen LogP contribution in [0.25, 0.3) is 6.08 Å². The number of amides is 1. The van der Waals surface area contributed by atoms with E-state index in [9.17, 15) is 4.79 Å². The Morgan fingerprint density at radius 3 is 2.68 bits per heavy atom. The van der Waals surface area contributed by atoms with Gasteiger partial charge in [-0.05, 0) is 41.8 Å². The molecule has 5 nitrogen and oxygen atoms in total. The highest BCUT2D eigenvalue weighted by Gasteiger charge is 2.20. The molecule has 25 heavy (non-hydrogen) atoms. The first-order chi connectivity index (χ1) is 12.2. The van der Waals surface area contributed by atoms with Crippen molar-refractivity contribution in [1.82, 2.24) is 5.32 Å². The minimum absolute atomic E-state index is 0.183. The molecule has 1 aliphatic rings. The summed E-state index contributed by atoms with van der Waals surface area (Å²) in [5.74, 6) is 2.08. The Labute approximate surface area is 147 Å². The number of hydrogen-bond donors (Lipinski definition) is 1. The van der Waals surface area contributed by atoms with E-state index < -0.39 is 0 Å². The van der Waals surface area contributed by atoms with E-state index in [-0.39, 0.29) is 5.91 Å². The van der Waals surface area contributed by atoms with Gasteiger partial charge in [-0.1, -0.05) is 30.3 Å². The highest BCUT2D eigenvalue weighted by atomic mass is 16.5. The monoisotopic (exact) mass is 336 g/mol. The smallest absolute Gasteiger partial charge is 0.275 e. The van der Waals surface area contributed by atoms with Gasteiger partial charge in [0.15, 0.2) is 0 Å². The van der Waals surface area contributed by atoms with Crippen LogP contribution in [0.15, 0.2) is 59.2 Å². The SMILES string of the molecule is COc1cccc(/C=C2/N=C(CCc3ccccc3OC)NC2=O)c1. The number of aryl methyl sites for hydroxylation is 1. The number of nitrogens with zero attached hydrogens (tertiary/aromatic N) is 1. The van der Waals surface area contributed by atoms with Gasteiger partial charge in [-0.25, -0.2) is 4.99 Å². The van der Waals surface area contributed by atoms with E-state index >= 15 is 0 Å². The van der Waals surface area contributed by atoms with Gasteiger partial charge in [0.05, 0.1) is 14.2 Å². The molecule has 3 rings (SSSR count). The third-order valence-corrected chi connectivity index (χ3v) is 3.97. The Balaban J connectivity index is 1.72. The van der Waals surface area contributed by atoms with E-state index in [0.29, 0.717) is 18.0 Å². The van der Waals surface area contributed by atoms with Crippen molar-refractivity contribution in [3.8, 4) is 11.5 Å². The molecule has 2 aromatic rings. The molecule has 1 N–H and O–H groups in total. The topological polar surface area (TPSA) is 59.9 Å². The second-order valence-electron chi connectivity index (χ2n) is 5.63. The van der Waals surface area contributed by atoms with Gasteiger partial charge in [0.1, 0.15) is 23.0 Å². The highest BCUT2D eigenvalue weighted by Crippen LogP contribution is 2.21. The summed E-state index contributed by atoms with van der Waals surface area (Å²) in [6.45, 7) is 0. The molecule has 0 atom stereocenters. The van der Waals surface area contributed by atoms with Crippen molar-refractivity contribution in [2.45, 2.75) is 12.8 Å². The lowest BCUT2D eigenvalue weighted by Gasteiger charge is -2.07. The molecule has 1 aliphatic heterocycles. The number of ether oxygens (including phenoxy) is 2. The molecule has 0 aliphatic carbocycles. The lowest BCUT2D eigenvalue weighted by atomic mass is 10.1. The summed E-state index contributed by atoms with van der Waals surface area (Å²) >= 11 is 0. The first-order valence-electron chi connectivity index (χ1n) is 8.06. The first kappa shape index (κ1) is 16.8. The van der Waals surface area contributed by atoms with E-state index in [1.807, 2.05) is 48.5 Å². The Morgan fingerprint density at radius 1 is 1.04 bits per heavy atom. The van der Waals surface area contributed by atoms with Crippen molar-refractivity contribution in [2.24, 2.45) is 4.99 Å². The molecule has 1 heterocycles. The van der Waals surface area contributed by atoms with Crippen molar-refractivity contribution in [2.75, 3.05) is 14.2 Å². The van der Waals surface area contributed by atoms with E-state index in [4.69, 9.17) is 9.47 Å². The predicted octanol–water partition coefficient (Wildman–Crippen LogP) is 3.21. The summed E-state index contributed by atoms with van der Waals surface area (Å²) in [4.78, 5) is 16.6. The molecule has 0 spiro atoms. The van der Waals surface area contributed by atoms with Gasteiger partial charge in [0, 0.05) is 6.42 Å². The van der Waals surface area contributed by atoms with E-state index in [0.717, 1.165) is 29.0 Å². The van der Waals surface area contributed by atoms with Crippen LogP contribution in [0.3, 0.4) is 0 Å². The fraction of sp³-hybridized carbons (Fsp3) is 0.200. The number of carbonyl (C=O) groups excluding carboxylic acids is 1. The lowest BCUT2D eigenvalue weighted by molar-refractivity contribution is -0.115. The number of methoxy groups -OCH3 is 2. The summed E-state index contributed by atoms with van der Waals surface area (Å²) in [7, 11) is 3.27. The minimum atomic E-state index is -0.183. The Hall–Kier alpha value is -3.08. The zero-order valence-electron chi connectivity index (χ0n) is 14.3. The molecule has 0 saturated carbocycles. The average molecular weight is 336 g/mol. The highest BCUT2D eigenvalue weighted by molar-refractivity contribution is 6.14. The van der Waals surface area contributed by atoms with Crippen molar-refractivity contribution in [1.29, 1.82) is 0 Å². The van der Waals surface area contributed by atoms with Crippen molar-refractivity contribution in [3.63, 3.8) is 0 Å². The van der Waals surface area contributed by atoms with Crippen molar-refractivity contribution < 1.29 is 14.3 Å². The second-order valence-corrected chi connectivity index (χ2v) is 5.63. The maximum atomic E-state index is 12.1. The number of rotatable bonds is 6. The molecule has 0 aromatic heterocycles. The normalized spacial score (nSPS) is 15.0. The van der Waals surface area contributed by atoms with Crippen molar-refractivity contribution in [3.05, 3.63) is 65.4 Å². The number of amidine groups is 1. The summed E-state index contributed by atoms with van der Waals surface area (Å²) in [6, 6.07) is 15.4. The molecule has 2 aromatic carbocycles. The van der Waals surface area contributed by atoms with Gasteiger partial charge in [0.2, 0.25) is 0 Å².